The van der Waals surface area contributed by atoms with Crippen LogP contribution in [0.5, 0.6) is 11.5 Å². The van der Waals surface area contributed by atoms with E-state index >= 15 is 0 Å². The van der Waals surface area contributed by atoms with E-state index in [1.807, 2.05) is 0 Å². The number of carbonyl (C=O) groups excluding carboxylic acids is 1. The number of methoxy groups -OCH3 is 2. The van der Waals surface area contributed by atoms with Gasteiger partial charge in [0.05, 0.1) is 26.0 Å². The van der Waals surface area contributed by atoms with Crippen LogP contribution < -0.4 is 14.8 Å². The summed E-state index contributed by atoms with van der Waals surface area (Å²) >= 11 is 0. The van der Waals surface area contributed by atoms with Crippen LogP contribution in [0.4, 0.5) is 0 Å². The van der Waals surface area contributed by atoms with E-state index in [-0.39, 0.29) is 17.5 Å². The van der Waals surface area contributed by atoms with Gasteiger partial charge < -0.3 is 19.5 Å². The molecule has 0 radical (unpaired) electrons. The summed E-state index contributed by atoms with van der Waals surface area (Å²) in [5, 5.41) is 2.74. The Balaban J connectivity index is 1.89. The number of nitrogens with zero attached hydrogens (tertiary/aromatic N) is 2. The van der Waals surface area contributed by atoms with Crippen molar-refractivity contribution in [2.45, 2.75) is 18.9 Å². The van der Waals surface area contributed by atoms with Crippen molar-refractivity contribution in [1.29, 1.82) is 0 Å². The van der Waals surface area contributed by atoms with Gasteiger partial charge in [-0.3, -0.25) is 4.79 Å². The van der Waals surface area contributed by atoms with Gasteiger partial charge in [-0.2, -0.15) is 8.42 Å². The second-order valence-corrected chi connectivity index (χ2v) is 7.99. The normalized spacial score (nSPS) is 21.0. The second-order valence-electron chi connectivity index (χ2n) is 6.37. The fourth-order valence-corrected chi connectivity index (χ4v) is 3.91. The molecule has 1 atom stereocenters. The number of nitrogens with one attached hydrogen (secondary N) is 1. The molecule has 1 aromatic carbocycles. The lowest BCUT2D eigenvalue weighted by Crippen LogP contribution is -2.40. The number of allylic oxidation sites excluding steroid dienone is 1. The van der Waals surface area contributed by atoms with Crippen LogP contribution in [0.1, 0.15) is 18.4 Å². The van der Waals surface area contributed by atoms with E-state index in [2.05, 4.69) is 9.71 Å². The lowest BCUT2D eigenvalue weighted by atomic mass is 10.1. The summed E-state index contributed by atoms with van der Waals surface area (Å²) in [4.78, 5) is 12.6. The lowest BCUT2D eigenvalue weighted by Gasteiger charge is -2.24. The molecule has 10 heteroatoms. The number of hydrogen-bond acceptors (Lipinski definition) is 6. The maximum atomic E-state index is 12.6. The predicted octanol–water partition coefficient (Wildman–Crippen LogP) is 0.862. The molecule has 1 amide bonds. The number of carbonyl (C=O) groups is 1. The first-order chi connectivity index (χ1) is 13.4. The fraction of sp³-hybridized carbons (Fsp3) is 0.444. The first-order valence-corrected chi connectivity index (χ1v) is 10.2. The molecule has 0 aliphatic carbocycles. The molecule has 9 nitrogen and oxygen atoms in total. The maximum Gasteiger partial charge on any atom is 0.345 e. The quantitative estimate of drug-likeness (QED) is 0.747. The molecule has 3 rings (SSSR count). The molecule has 2 heterocycles. The SMILES string of the molecule is COc1ccc(C2=NS(=O)(=O)N(C)C(C(=O)NCC3CCCO3)=C2)cc1OC. The van der Waals surface area contributed by atoms with E-state index in [9.17, 15) is 13.2 Å². The summed E-state index contributed by atoms with van der Waals surface area (Å²) in [6, 6.07) is 4.91. The van der Waals surface area contributed by atoms with Crippen molar-refractivity contribution in [1.82, 2.24) is 9.62 Å². The highest BCUT2D eigenvalue weighted by atomic mass is 32.2. The van der Waals surface area contributed by atoms with Gasteiger partial charge in [-0.05, 0) is 37.1 Å². The van der Waals surface area contributed by atoms with Crippen molar-refractivity contribution in [2.24, 2.45) is 4.40 Å². The number of hydrogen-bond donors (Lipinski definition) is 1. The molecular formula is C18H23N3O6S. The Bertz CT molecular complexity index is 919. The van der Waals surface area contributed by atoms with Crippen molar-refractivity contribution >= 4 is 21.8 Å². The smallest absolute Gasteiger partial charge is 0.345 e. The minimum absolute atomic E-state index is 0.0159. The molecule has 0 saturated carbocycles. The van der Waals surface area contributed by atoms with Gasteiger partial charge in [-0.15, -0.1) is 4.40 Å². The van der Waals surface area contributed by atoms with Crippen LogP contribution in [0.3, 0.4) is 0 Å². The highest BCUT2D eigenvalue weighted by Crippen LogP contribution is 2.29. The fourth-order valence-electron chi connectivity index (χ4n) is 3.00. The third-order valence-electron chi connectivity index (χ3n) is 4.60. The molecule has 2 aliphatic rings. The van der Waals surface area contributed by atoms with Crippen molar-refractivity contribution in [3.63, 3.8) is 0 Å². The van der Waals surface area contributed by atoms with Gasteiger partial charge in [0.15, 0.2) is 11.5 Å². The summed E-state index contributed by atoms with van der Waals surface area (Å²) in [5.41, 5.74) is 0.609. The minimum Gasteiger partial charge on any atom is -0.493 e. The number of rotatable bonds is 6. The first-order valence-electron chi connectivity index (χ1n) is 8.78. The third-order valence-corrected chi connectivity index (χ3v) is 5.91. The van der Waals surface area contributed by atoms with Crippen LogP contribution >= 0.6 is 0 Å². The van der Waals surface area contributed by atoms with Gasteiger partial charge in [0.1, 0.15) is 5.70 Å². The highest BCUT2D eigenvalue weighted by Gasteiger charge is 2.30. The van der Waals surface area contributed by atoms with E-state index in [1.165, 1.54) is 27.3 Å². The molecule has 0 aromatic heterocycles. The Hall–Kier alpha value is -2.59. The first kappa shape index (κ1) is 20.2. The van der Waals surface area contributed by atoms with Crippen molar-refractivity contribution in [3.05, 3.63) is 35.5 Å². The molecule has 152 valence electrons. The number of likely N-dealkylation sites (N-methyl/N-ethyl adjacent to an activating group) is 1. The average molecular weight is 409 g/mol. The zero-order chi connectivity index (χ0) is 20.3. The van der Waals surface area contributed by atoms with Gasteiger partial charge >= 0.3 is 10.2 Å². The molecule has 2 aliphatic heterocycles. The summed E-state index contributed by atoms with van der Waals surface area (Å²) < 4.78 is 45.5. The predicted molar refractivity (Wildman–Crippen MR) is 103 cm³/mol. The monoisotopic (exact) mass is 409 g/mol. The summed E-state index contributed by atoms with van der Waals surface area (Å²) in [6.45, 7) is 1.00. The van der Waals surface area contributed by atoms with Crippen LogP contribution in [0.2, 0.25) is 0 Å². The van der Waals surface area contributed by atoms with E-state index in [4.69, 9.17) is 14.2 Å². The van der Waals surface area contributed by atoms with Gasteiger partial charge in [0.25, 0.3) is 5.91 Å². The van der Waals surface area contributed by atoms with Crippen LogP contribution in [0, 0.1) is 0 Å². The Labute approximate surface area is 164 Å². The molecule has 1 saturated heterocycles. The third kappa shape index (κ3) is 4.12. The summed E-state index contributed by atoms with van der Waals surface area (Å²) in [7, 11) is 0.243. The number of benzene rings is 1. The van der Waals surface area contributed by atoms with Crippen molar-refractivity contribution in [2.75, 3.05) is 34.4 Å². The molecule has 1 N–H and O–H groups in total. The van der Waals surface area contributed by atoms with E-state index in [0.717, 1.165) is 17.1 Å². The van der Waals surface area contributed by atoms with Crippen LogP contribution in [0.15, 0.2) is 34.4 Å². The van der Waals surface area contributed by atoms with E-state index in [0.29, 0.717) is 30.2 Å². The molecule has 0 spiro atoms. The second kappa shape index (κ2) is 8.19. The van der Waals surface area contributed by atoms with Gasteiger partial charge in [-0.25, -0.2) is 4.31 Å². The van der Waals surface area contributed by atoms with E-state index < -0.39 is 16.1 Å². The summed E-state index contributed by atoms with van der Waals surface area (Å²) in [6.07, 6.45) is 3.21. The largest absolute Gasteiger partial charge is 0.493 e. The molecule has 0 bridgehead atoms. The Morgan fingerprint density at radius 3 is 2.71 bits per heavy atom. The van der Waals surface area contributed by atoms with Gasteiger partial charge in [-0.1, -0.05) is 0 Å². The molecular weight excluding hydrogens is 386 g/mol. The molecule has 1 aromatic rings. The Morgan fingerprint density at radius 1 is 1.32 bits per heavy atom. The number of ether oxygens (including phenoxy) is 3. The van der Waals surface area contributed by atoms with Gasteiger partial charge in [0, 0.05) is 25.8 Å². The van der Waals surface area contributed by atoms with Crippen LogP contribution in [-0.2, 0) is 19.7 Å². The zero-order valence-corrected chi connectivity index (χ0v) is 16.8. The van der Waals surface area contributed by atoms with E-state index in [1.54, 1.807) is 18.2 Å². The summed E-state index contributed by atoms with van der Waals surface area (Å²) in [5.74, 6) is 0.424. The van der Waals surface area contributed by atoms with Crippen LogP contribution in [0.25, 0.3) is 0 Å². The molecule has 28 heavy (non-hydrogen) atoms. The van der Waals surface area contributed by atoms with Gasteiger partial charge in [0.2, 0.25) is 0 Å². The van der Waals surface area contributed by atoms with Crippen LogP contribution in [-0.4, -0.2) is 64.9 Å². The standard InChI is InChI=1S/C18H23N3O6S/c1-21-15(18(22)19-11-13-5-4-8-27-13)10-14(20-28(21,23)24)12-6-7-16(25-2)17(9-12)26-3/h6-7,9-10,13H,4-5,8,11H2,1-3H3,(H,19,22). The Morgan fingerprint density at radius 2 is 2.07 bits per heavy atom. The topological polar surface area (TPSA) is 107 Å². The lowest BCUT2D eigenvalue weighted by molar-refractivity contribution is -0.118. The van der Waals surface area contributed by atoms with Crippen molar-refractivity contribution in [3.8, 4) is 11.5 Å². The molecule has 1 unspecified atom stereocenters. The zero-order valence-electron chi connectivity index (χ0n) is 16.0. The number of amides is 1. The maximum absolute atomic E-state index is 12.6. The Kier molecular flexibility index (Phi) is 5.90. The molecule has 1 fully saturated rings. The highest BCUT2D eigenvalue weighted by molar-refractivity contribution is 7.88. The minimum atomic E-state index is -4.04. The average Bonchev–Trinajstić information content (AvgIpc) is 3.21. The van der Waals surface area contributed by atoms with Crippen molar-refractivity contribution < 1.29 is 27.4 Å².